The van der Waals surface area contributed by atoms with E-state index in [-0.39, 0.29) is 24.7 Å². The highest BCUT2D eigenvalue weighted by Crippen LogP contribution is 2.18. The van der Waals surface area contributed by atoms with Gasteiger partial charge in [0.05, 0.1) is 0 Å². The molecule has 0 bridgehead atoms. The normalized spacial score (nSPS) is 10.2. The number of aryl methyl sites for hydroxylation is 1. The van der Waals surface area contributed by atoms with Crippen LogP contribution in [0.15, 0.2) is 18.2 Å². The van der Waals surface area contributed by atoms with Crippen LogP contribution in [-0.2, 0) is 17.6 Å². The van der Waals surface area contributed by atoms with Gasteiger partial charge in [0.2, 0.25) is 5.91 Å². The number of hydrogen-bond donors (Lipinski definition) is 3. The molecule has 0 aliphatic carbocycles. The fraction of sp³-hybridized carbons (Fsp3) is 0.364. The summed E-state index contributed by atoms with van der Waals surface area (Å²) in [5, 5.41) is 18.1. The molecule has 0 unspecified atom stereocenters. The molecule has 0 radical (unpaired) electrons. The van der Waals surface area contributed by atoms with Crippen LogP contribution in [0.2, 0.25) is 0 Å². The maximum absolute atomic E-state index is 10.6. The first-order valence-corrected chi connectivity index (χ1v) is 4.83. The van der Waals surface area contributed by atoms with Crippen molar-refractivity contribution in [2.24, 2.45) is 5.73 Å². The molecule has 82 valence electrons. The Hall–Kier alpha value is -1.55. The Labute approximate surface area is 88.3 Å². The highest BCUT2D eigenvalue weighted by atomic mass is 16.3. The van der Waals surface area contributed by atoms with Gasteiger partial charge in [0.25, 0.3) is 0 Å². The van der Waals surface area contributed by atoms with Crippen molar-refractivity contribution in [1.82, 2.24) is 0 Å². The van der Waals surface area contributed by atoms with Crippen LogP contribution < -0.4 is 5.73 Å². The summed E-state index contributed by atoms with van der Waals surface area (Å²) in [6.45, 7) is 0.0209. The Morgan fingerprint density at radius 1 is 1.27 bits per heavy atom. The number of primary amides is 1. The average molecular weight is 209 g/mol. The number of phenols is 1. The Morgan fingerprint density at radius 3 is 2.60 bits per heavy atom. The first-order valence-electron chi connectivity index (χ1n) is 4.83. The Kier molecular flexibility index (Phi) is 4.12. The summed E-state index contributed by atoms with van der Waals surface area (Å²) in [5.41, 5.74) is 6.86. The summed E-state index contributed by atoms with van der Waals surface area (Å²) in [6.07, 6.45) is 1.30. The molecule has 0 aromatic heterocycles. The largest absolute Gasteiger partial charge is 0.508 e. The van der Waals surface area contributed by atoms with Gasteiger partial charge >= 0.3 is 0 Å². The molecule has 1 rings (SSSR count). The first kappa shape index (κ1) is 11.5. The van der Waals surface area contributed by atoms with E-state index >= 15 is 0 Å². The van der Waals surface area contributed by atoms with Gasteiger partial charge in [0.1, 0.15) is 5.75 Å². The second-order valence-electron chi connectivity index (χ2n) is 3.39. The molecule has 4 heteroatoms. The molecule has 1 aromatic carbocycles. The van der Waals surface area contributed by atoms with Crippen molar-refractivity contribution in [3.63, 3.8) is 0 Å². The lowest BCUT2D eigenvalue weighted by atomic mass is 10.00. The van der Waals surface area contributed by atoms with Crippen LogP contribution in [0.1, 0.15) is 17.5 Å². The van der Waals surface area contributed by atoms with Crippen molar-refractivity contribution < 1.29 is 15.0 Å². The van der Waals surface area contributed by atoms with E-state index in [9.17, 15) is 9.90 Å². The molecule has 1 aromatic rings. The Balaban J connectivity index is 2.80. The predicted molar refractivity (Wildman–Crippen MR) is 56.4 cm³/mol. The van der Waals surface area contributed by atoms with Gasteiger partial charge < -0.3 is 15.9 Å². The summed E-state index contributed by atoms with van der Waals surface area (Å²) < 4.78 is 0. The maximum atomic E-state index is 10.6. The van der Waals surface area contributed by atoms with Crippen LogP contribution >= 0.6 is 0 Å². The smallest absolute Gasteiger partial charge is 0.217 e. The number of phenolic OH excluding ortho intramolecular Hbond substituents is 1. The van der Waals surface area contributed by atoms with E-state index in [1.165, 1.54) is 0 Å². The van der Waals surface area contributed by atoms with E-state index in [1.54, 1.807) is 18.2 Å². The molecule has 0 fully saturated rings. The molecule has 15 heavy (non-hydrogen) atoms. The molecule has 0 saturated carbocycles. The van der Waals surface area contributed by atoms with Gasteiger partial charge in [-0.2, -0.15) is 0 Å². The third-order valence-corrected chi connectivity index (χ3v) is 2.21. The number of carbonyl (C=O) groups is 1. The molecular weight excluding hydrogens is 194 g/mol. The Morgan fingerprint density at radius 2 is 2.00 bits per heavy atom. The minimum Gasteiger partial charge on any atom is -0.508 e. The summed E-state index contributed by atoms with van der Waals surface area (Å²) >= 11 is 0. The fourth-order valence-electron chi connectivity index (χ4n) is 1.47. The van der Waals surface area contributed by atoms with E-state index in [0.717, 1.165) is 11.1 Å². The van der Waals surface area contributed by atoms with Crippen molar-refractivity contribution in [3.8, 4) is 5.75 Å². The van der Waals surface area contributed by atoms with E-state index in [1.807, 2.05) is 0 Å². The second-order valence-corrected chi connectivity index (χ2v) is 3.39. The standard InChI is InChI=1S/C11H15NO3/c12-11(15)4-2-8-1-3-10(14)7-9(8)5-6-13/h1,3,7,13-14H,2,4-6H2,(H2,12,15). The minimum atomic E-state index is -0.349. The van der Waals surface area contributed by atoms with Gasteiger partial charge in [-0.15, -0.1) is 0 Å². The quantitative estimate of drug-likeness (QED) is 0.654. The van der Waals surface area contributed by atoms with E-state index in [0.29, 0.717) is 12.8 Å². The SMILES string of the molecule is NC(=O)CCc1ccc(O)cc1CCO. The van der Waals surface area contributed by atoms with E-state index in [2.05, 4.69) is 0 Å². The van der Waals surface area contributed by atoms with Crippen molar-refractivity contribution in [2.75, 3.05) is 6.61 Å². The number of amides is 1. The number of benzene rings is 1. The number of carbonyl (C=O) groups excluding carboxylic acids is 1. The molecule has 4 nitrogen and oxygen atoms in total. The Bertz CT molecular complexity index is 350. The van der Waals surface area contributed by atoms with Crippen LogP contribution in [-0.4, -0.2) is 22.7 Å². The highest BCUT2D eigenvalue weighted by Gasteiger charge is 2.05. The molecule has 4 N–H and O–H groups in total. The summed E-state index contributed by atoms with van der Waals surface area (Å²) in [5.74, 6) is -0.181. The second kappa shape index (κ2) is 5.36. The first-order chi connectivity index (χ1) is 7.13. The van der Waals surface area contributed by atoms with Crippen molar-refractivity contribution in [3.05, 3.63) is 29.3 Å². The van der Waals surface area contributed by atoms with Gasteiger partial charge in [-0.3, -0.25) is 4.79 Å². The molecule has 0 atom stereocenters. The number of aromatic hydroxyl groups is 1. The summed E-state index contributed by atoms with van der Waals surface area (Å²) in [4.78, 5) is 10.6. The number of hydrogen-bond acceptors (Lipinski definition) is 3. The predicted octanol–water partition coefficient (Wildman–Crippen LogP) is 0.345. The number of aliphatic hydroxyl groups is 1. The maximum Gasteiger partial charge on any atom is 0.217 e. The number of nitrogens with two attached hydrogens (primary N) is 1. The lowest BCUT2D eigenvalue weighted by Gasteiger charge is -2.07. The third-order valence-electron chi connectivity index (χ3n) is 2.21. The average Bonchev–Trinajstić information content (AvgIpc) is 2.17. The monoisotopic (exact) mass is 209 g/mol. The molecule has 0 heterocycles. The molecule has 0 aliphatic heterocycles. The van der Waals surface area contributed by atoms with Crippen LogP contribution in [0.5, 0.6) is 5.75 Å². The molecule has 0 saturated heterocycles. The molecule has 0 spiro atoms. The van der Waals surface area contributed by atoms with Crippen LogP contribution in [0.4, 0.5) is 0 Å². The zero-order valence-corrected chi connectivity index (χ0v) is 8.44. The van der Waals surface area contributed by atoms with Crippen molar-refractivity contribution in [1.29, 1.82) is 0 Å². The van der Waals surface area contributed by atoms with Gasteiger partial charge in [-0.1, -0.05) is 6.07 Å². The van der Waals surface area contributed by atoms with Crippen molar-refractivity contribution >= 4 is 5.91 Å². The van der Waals surface area contributed by atoms with Crippen LogP contribution in [0.25, 0.3) is 0 Å². The van der Waals surface area contributed by atoms with Gasteiger partial charge in [-0.05, 0) is 36.1 Å². The number of rotatable bonds is 5. The van der Waals surface area contributed by atoms with Crippen LogP contribution in [0.3, 0.4) is 0 Å². The summed E-state index contributed by atoms with van der Waals surface area (Å²) in [6, 6.07) is 4.92. The van der Waals surface area contributed by atoms with Gasteiger partial charge in [0.15, 0.2) is 0 Å². The minimum absolute atomic E-state index is 0.0209. The molecule has 0 aliphatic rings. The van der Waals surface area contributed by atoms with Crippen molar-refractivity contribution in [2.45, 2.75) is 19.3 Å². The molecular formula is C11H15NO3. The lowest BCUT2D eigenvalue weighted by Crippen LogP contribution is -2.12. The topological polar surface area (TPSA) is 83.6 Å². The van der Waals surface area contributed by atoms with E-state index < -0.39 is 0 Å². The molecule has 1 amide bonds. The van der Waals surface area contributed by atoms with Gasteiger partial charge in [0, 0.05) is 13.0 Å². The third kappa shape index (κ3) is 3.59. The zero-order valence-electron chi connectivity index (χ0n) is 8.44. The summed E-state index contributed by atoms with van der Waals surface area (Å²) in [7, 11) is 0. The van der Waals surface area contributed by atoms with E-state index in [4.69, 9.17) is 10.8 Å². The van der Waals surface area contributed by atoms with Crippen LogP contribution in [0, 0.1) is 0 Å². The van der Waals surface area contributed by atoms with Gasteiger partial charge in [-0.25, -0.2) is 0 Å². The zero-order chi connectivity index (χ0) is 11.3. The lowest BCUT2D eigenvalue weighted by molar-refractivity contribution is -0.117. The highest BCUT2D eigenvalue weighted by molar-refractivity contribution is 5.74. The fourth-order valence-corrected chi connectivity index (χ4v) is 1.47. The number of aliphatic hydroxyl groups excluding tert-OH is 1.